The van der Waals surface area contributed by atoms with Crippen LogP contribution in [0.5, 0.6) is 5.75 Å². The maximum atomic E-state index is 12.3. The maximum absolute atomic E-state index is 12.3. The van der Waals surface area contributed by atoms with Gasteiger partial charge in [-0.15, -0.1) is 0 Å². The Morgan fingerprint density at radius 2 is 1.79 bits per heavy atom. The van der Waals surface area contributed by atoms with Gasteiger partial charge in [-0.1, -0.05) is 41.4 Å². The number of halogens is 1. The molecule has 5 heteroatoms. The molecule has 1 N–H and O–H groups in total. The van der Waals surface area contributed by atoms with E-state index in [0.29, 0.717) is 10.8 Å². The second-order valence-corrected chi connectivity index (χ2v) is 6.19. The Labute approximate surface area is 146 Å². The smallest absolute Gasteiger partial charge is 0.313 e. The van der Waals surface area contributed by atoms with Crippen LogP contribution in [0.25, 0.3) is 0 Å². The number of ether oxygens (including phenoxy) is 1. The van der Waals surface area contributed by atoms with Gasteiger partial charge in [-0.05, 0) is 43.2 Å². The molecule has 2 aromatic rings. The third kappa shape index (κ3) is 5.10. The molecule has 4 nitrogen and oxygen atoms in total. The fraction of sp³-hybridized carbons (Fsp3) is 0.263. The third-order valence-corrected chi connectivity index (χ3v) is 3.82. The number of amides is 1. The lowest BCUT2D eigenvalue weighted by Crippen LogP contribution is -2.29. The van der Waals surface area contributed by atoms with Crippen LogP contribution < -0.4 is 10.1 Å². The van der Waals surface area contributed by atoms with E-state index in [-0.39, 0.29) is 12.3 Å². The van der Waals surface area contributed by atoms with E-state index in [1.165, 1.54) is 6.92 Å². The number of hydrogen-bond acceptors (Lipinski definition) is 3. The van der Waals surface area contributed by atoms with Crippen molar-refractivity contribution in [3.63, 3.8) is 0 Å². The monoisotopic (exact) mass is 345 g/mol. The molecule has 0 aliphatic carbocycles. The third-order valence-electron chi connectivity index (χ3n) is 3.59. The minimum absolute atomic E-state index is 0.0463. The molecule has 1 atom stereocenters. The molecular formula is C19H20ClNO3. The van der Waals surface area contributed by atoms with Crippen molar-refractivity contribution in [3.05, 3.63) is 64.2 Å². The van der Waals surface area contributed by atoms with Crippen LogP contribution >= 0.6 is 11.6 Å². The Balaban J connectivity index is 2.12. The second-order valence-electron chi connectivity index (χ2n) is 5.75. The van der Waals surface area contributed by atoms with Crippen molar-refractivity contribution < 1.29 is 14.3 Å². The molecule has 2 aromatic carbocycles. The molecule has 24 heavy (non-hydrogen) atoms. The van der Waals surface area contributed by atoms with Crippen LogP contribution in [-0.4, -0.2) is 11.9 Å². The number of carbonyl (C=O) groups is 2. The van der Waals surface area contributed by atoms with Gasteiger partial charge in [-0.2, -0.15) is 0 Å². The molecule has 0 aromatic heterocycles. The lowest BCUT2D eigenvalue weighted by atomic mass is 10.0. The number of carbonyl (C=O) groups excluding carboxylic acids is 2. The summed E-state index contributed by atoms with van der Waals surface area (Å²) in [5, 5.41) is 3.38. The number of aryl methyl sites for hydroxylation is 2. The van der Waals surface area contributed by atoms with Gasteiger partial charge in [0, 0.05) is 11.9 Å². The van der Waals surface area contributed by atoms with Crippen molar-refractivity contribution >= 4 is 23.5 Å². The van der Waals surface area contributed by atoms with E-state index < -0.39 is 12.0 Å². The van der Waals surface area contributed by atoms with Gasteiger partial charge in [0.25, 0.3) is 0 Å². The minimum Gasteiger partial charge on any atom is -0.426 e. The van der Waals surface area contributed by atoms with Gasteiger partial charge in [0.05, 0.1) is 12.5 Å². The first-order valence-electron chi connectivity index (χ1n) is 7.65. The van der Waals surface area contributed by atoms with Gasteiger partial charge >= 0.3 is 5.97 Å². The molecule has 0 fully saturated rings. The molecule has 1 amide bonds. The molecule has 126 valence electrons. The van der Waals surface area contributed by atoms with Gasteiger partial charge in [-0.25, -0.2) is 0 Å². The summed E-state index contributed by atoms with van der Waals surface area (Å²) in [7, 11) is 0. The van der Waals surface area contributed by atoms with E-state index in [2.05, 4.69) is 5.32 Å². The van der Waals surface area contributed by atoms with Crippen LogP contribution in [0, 0.1) is 13.8 Å². The first kappa shape index (κ1) is 18.0. The highest BCUT2D eigenvalue weighted by Crippen LogP contribution is 2.24. The maximum Gasteiger partial charge on any atom is 0.313 e. The summed E-state index contributed by atoms with van der Waals surface area (Å²) in [5.74, 6) is -0.148. The molecule has 0 aliphatic rings. The predicted octanol–water partition coefficient (Wildman–Crippen LogP) is 4.13. The Hall–Kier alpha value is -2.33. The molecule has 2 rings (SSSR count). The van der Waals surface area contributed by atoms with Crippen LogP contribution in [-0.2, 0) is 9.59 Å². The molecule has 0 unspecified atom stereocenters. The van der Waals surface area contributed by atoms with Gasteiger partial charge < -0.3 is 10.1 Å². The van der Waals surface area contributed by atoms with Gasteiger partial charge in [-0.3, -0.25) is 9.59 Å². The van der Waals surface area contributed by atoms with Crippen LogP contribution in [0.3, 0.4) is 0 Å². The molecule has 0 aliphatic heterocycles. The first-order chi connectivity index (χ1) is 11.3. The number of esters is 1. The van der Waals surface area contributed by atoms with Crippen molar-refractivity contribution in [3.8, 4) is 5.75 Å². The minimum atomic E-state index is -0.428. The van der Waals surface area contributed by atoms with Crippen LogP contribution in [0.4, 0.5) is 0 Å². The largest absolute Gasteiger partial charge is 0.426 e. The molecular weight excluding hydrogens is 326 g/mol. The highest BCUT2D eigenvalue weighted by Gasteiger charge is 2.19. The number of rotatable bonds is 5. The van der Waals surface area contributed by atoms with Gasteiger partial charge in [0.15, 0.2) is 0 Å². The summed E-state index contributed by atoms with van der Waals surface area (Å²) in [6.07, 6.45) is 0.0463. The Kier molecular flexibility index (Phi) is 5.99. The van der Waals surface area contributed by atoms with Crippen LogP contribution in [0.1, 0.15) is 36.1 Å². The normalized spacial score (nSPS) is 11.7. The van der Waals surface area contributed by atoms with Crippen molar-refractivity contribution in [1.29, 1.82) is 0 Å². The van der Waals surface area contributed by atoms with Crippen LogP contribution in [0.15, 0.2) is 42.5 Å². The zero-order chi connectivity index (χ0) is 17.7. The van der Waals surface area contributed by atoms with E-state index in [0.717, 1.165) is 16.7 Å². The molecule has 0 saturated heterocycles. The molecule has 0 saturated carbocycles. The lowest BCUT2D eigenvalue weighted by molar-refractivity contribution is -0.135. The standard InChI is InChI=1S/C19H20ClNO3/c1-12-4-6-15(7-5-12)17(21-14(3)22)11-19(23)24-18-9-8-16(20)10-13(18)2/h4-10,17H,11H2,1-3H3,(H,21,22)/t17-/m0/s1. The average Bonchev–Trinajstić information content (AvgIpc) is 2.50. The van der Waals surface area contributed by atoms with Crippen molar-refractivity contribution in [2.24, 2.45) is 0 Å². The first-order valence-corrected chi connectivity index (χ1v) is 8.03. The molecule has 0 radical (unpaired) electrons. The van der Waals surface area contributed by atoms with Crippen LogP contribution in [0.2, 0.25) is 5.02 Å². The summed E-state index contributed by atoms with van der Waals surface area (Å²) in [6, 6.07) is 12.3. The Morgan fingerprint density at radius 1 is 1.12 bits per heavy atom. The predicted molar refractivity (Wildman–Crippen MR) is 94.2 cm³/mol. The van der Waals surface area contributed by atoms with Gasteiger partial charge in [0.2, 0.25) is 5.91 Å². The molecule has 0 spiro atoms. The Morgan fingerprint density at radius 3 is 2.38 bits per heavy atom. The number of benzene rings is 2. The van der Waals surface area contributed by atoms with Gasteiger partial charge in [0.1, 0.15) is 5.75 Å². The lowest BCUT2D eigenvalue weighted by Gasteiger charge is -2.18. The van der Waals surface area contributed by atoms with E-state index >= 15 is 0 Å². The quantitative estimate of drug-likeness (QED) is 0.654. The molecule has 0 heterocycles. The SMILES string of the molecule is CC(=O)N[C@@H](CC(=O)Oc1ccc(Cl)cc1C)c1ccc(C)cc1. The Bertz CT molecular complexity index is 741. The second kappa shape index (κ2) is 7.97. The van der Waals surface area contributed by atoms with E-state index in [1.807, 2.05) is 38.1 Å². The number of hydrogen-bond donors (Lipinski definition) is 1. The van der Waals surface area contributed by atoms with E-state index in [4.69, 9.17) is 16.3 Å². The summed E-state index contributed by atoms with van der Waals surface area (Å²) in [5.41, 5.74) is 2.75. The summed E-state index contributed by atoms with van der Waals surface area (Å²) < 4.78 is 5.41. The highest BCUT2D eigenvalue weighted by atomic mass is 35.5. The average molecular weight is 346 g/mol. The van der Waals surface area contributed by atoms with E-state index in [9.17, 15) is 9.59 Å². The fourth-order valence-corrected chi connectivity index (χ4v) is 2.58. The van der Waals surface area contributed by atoms with E-state index in [1.54, 1.807) is 18.2 Å². The molecule has 0 bridgehead atoms. The fourth-order valence-electron chi connectivity index (χ4n) is 2.35. The van der Waals surface area contributed by atoms with Crippen molar-refractivity contribution in [2.75, 3.05) is 0 Å². The zero-order valence-electron chi connectivity index (χ0n) is 13.9. The summed E-state index contributed by atoms with van der Waals surface area (Å²) >= 11 is 5.90. The summed E-state index contributed by atoms with van der Waals surface area (Å²) in [6.45, 7) is 5.23. The highest BCUT2D eigenvalue weighted by molar-refractivity contribution is 6.30. The zero-order valence-corrected chi connectivity index (χ0v) is 14.7. The topological polar surface area (TPSA) is 55.4 Å². The van der Waals surface area contributed by atoms with Crippen molar-refractivity contribution in [2.45, 2.75) is 33.2 Å². The number of nitrogens with one attached hydrogen (secondary N) is 1. The summed E-state index contributed by atoms with van der Waals surface area (Å²) in [4.78, 5) is 23.7. The van der Waals surface area contributed by atoms with Crippen molar-refractivity contribution in [1.82, 2.24) is 5.32 Å².